The van der Waals surface area contributed by atoms with Gasteiger partial charge in [0, 0.05) is 19.2 Å². The van der Waals surface area contributed by atoms with Crippen LogP contribution < -0.4 is 5.48 Å². The van der Waals surface area contributed by atoms with Crippen molar-refractivity contribution in [3.8, 4) is 0 Å². The van der Waals surface area contributed by atoms with Crippen LogP contribution in [0.1, 0.15) is 47.2 Å². The zero-order valence-corrected chi connectivity index (χ0v) is 12.9. The molecule has 1 aliphatic carbocycles. The van der Waals surface area contributed by atoms with E-state index >= 15 is 0 Å². The Morgan fingerprint density at radius 2 is 2.09 bits per heavy atom. The van der Waals surface area contributed by atoms with Gasteiger partial charge in [-0.3, -0.25) is 14.8 Å². The van der Waals surface area contributed by atoms with Crippen molar-refractivity contribution in [1.82, 2.24) is 10.4 Å². The van der Waals surface area contributed by atoms with Gasteiger partial charge in [-0.1, -0.05) is 12.5 Å². The van der Waals surface area contributed by atoms with Crippen molar-refractivity contribution >= 4 is 11.8 Å². The second kappa shape index (κ2) is 5.72. The van der Waals surface area contributed by atoms with Crippen molar-refractivity contribution in [1.29, 1.82) is 0 Å². The molecule has 0 aromatic heterocycles. The molecule has 1 saturated heterocycles. The minimum absolute atomic E-state index is 0.265. The molecular weight excluding hydrogens is 280 g/mol. The normalized spacial score (nSPS) is 24.8. The highest BCUT2D eigenvalue weighted by Gasteiger charge is 2.43. The third-order valence-corrected chi connectivity index (χ3v) is 5.17. The average Bonchev–Trinajstić information content (AvgIpc) is 2.68. The number of likely N-dealkylation sites (tertiary alicyclic amines) is 1. The van der Waals surface area contributed by atoms with E-state index in [9.17, 15) is 9.59 Å². The second-order valence-corrected chi connectivity index (χ2v) is 6.57. The molecule has 0 saturated carbocycles. The molecule has 22 heavy (non-hydrogen) atoms. The SMILES string of the molecule is CN1CCCCC2(CCc3cc(C(=O)NO)ccc3C2)C1=O. The molecule has 0 bridgehead atoms. The van der Waals surface area contributed by atoms with E-state index in [1.54, 1.807) is 11.5 Å². The molecule has 2 amide bonds. The van der Waals surface area contributed by atoms with Crippen LogP contribution in [-0.2, 0) is 17.6 Å². The number of benzene rings is 1. The van der Waals surface area contributed by atoms with Crippen LogP contribution in [0.25, 0.3) is 0 Å². The molecule has 1 aromatic carbocycles. The van der Waals surface area contributed by atoms with Gasteiger partial charge in [0.2, 0.25) is 5.91 Å². The molecule has 2 aliphatic rings. The fourth-order valence-corrected chi connectivity index (χ4v) is 3.89. The number of hydrogen-bond donors (Lipinski definition) is 2. The largest absolute Gasteiger partial charge is 0.345 e. The zero-order valence-electron chi connectivity index (χ0n) is 12.9. The Kier molecular flexibility index (Phi) is 3.91. The molecule has 1 aliphatic heterocycles. The van der Waals surface area contributed by atoms with E-state index in [0.717, 1.165) is 56.2 Å². The maximum absolute atomic E-state index is 12.8. The van der Waals surface area contributed by atoms with Gasteiger partial charge in [-0.25, -0.2) is 5.48 Å². The summed E-state index contributed by atoms with van der Waals surface area (Å²) in [6, 6.07) is 5.48. The molecule has 0 radical (unpaired) electrons. The first-order valence-electron chi connectivity index (χ1n) is 7.87. The fourth-order valence-electron chi connectivity index (χ4n) is 3.89. The quantitative estimate of drug-likeness (QED) is 0.615. The molecule has 5 heteroatoms. The predicted octanol–water partition coefficient (Wildman–Crippen LogP) is 1.92. The number of rotatable bonds is 1. The third-order valence-electron chi connectivity index (χ3n) is 5.17. The summed E-state index contributed by atoms with van der Waals surface area (Å²) in [4.78, 5) is 26.2. The Morgan fingerprint density at radius 1 is 1.27 bits per heavy atom. The van der Waals surface area contributed by atoms with Crippen molar-refractivity contribution in [2.75, 3.05) is 13.6 Å². The Hall–Kier alpha value is -1.88. The predicted molar refractivity (Wildman–Crippen MR) is 81.6 cm³/mol. The van der Waals surface area contributed by atoms with Gasteiger partial charge < -0.3 is 4.90 Å². The maximum atomic E-state index is 12.8. The van der Waals surface area contributed by atoms with E-state index in [4.69, 9.17) is 5.21 Å². The molecule has 1 unspecified atom stereocenters. The molecule has 1 aromatic rings. The number of carbonyl (C=O) groups is 2. The van der Waals surface area contributed by atoms with Gasteiger partial charge in [0.15, 0.2) is 0 Å². The summed E-state index contributed by atoms with van der Waals surface area (Å²) >= 11 is 0. The molecule has 1 atom stereocenters. The molecular formula is C17H22N2O3. The number of nitrogens with one attached hydrogen (secondary N) is 1. The van der Waals surface area contributed by atoms with E-state index in [-0.39, 0.29) is 11.3 Å². The molecule has 1 heterocycles. The summed E-state index contributed by atoms with van der Waals surface area (Å²) in [5.74, 6) is -0.221. The van der Waals surface area contributed by atoms with Crippen molar-refractivity contribution in [3.05, 3.63) is 34.9 Å². The lowest BCUT2D eigenvalue weighted by Crippen LogP contribution is -2.44. The second-order valence-electron chi connectivity index (χ2n) is 6.57. The molecule has 118 valence electrons. The van der Waals surface area contributed by atoms with Gasteiger partial charge in [-0.05, 0) is 55.4 Å². The van der Waals surface area contributed by atoms with Crippen LogP contribution in [0.2, 0.25) is 0 Å². The Balaban J connectivity index is 1.90. The van der Waals surface area contributed by atoms with E-state index in [1.165, 1.54) is 0 Å². The lowest BCUT2D eigenvalue weighted by atomic mass is 9.68. The molecule has 2 N–H and O–H groups in total. The number of hydroxylamine groups is 1. The number of amides is 2. The Bertz CT molecular complexity index is 614. The van der Waals surface area contributed by atoms with Crippen LogP contribution in [0.3, 0.4) is 0 Å². The van der Waals surface area contributed by atoms with E-state index in [2.05, 4.69) is 0 Å². The lowest BCUT2D eigenvalue weighted by molar-refractivity contribution is -0.140. The number of hydrogen-bond acceptors (Lipinski definition) is 3. The highest BCUT2D eigenvalue weighted by molar-refractivity contribution is 5.93. The topological polar surface area (TPSA) is 69.6 Å². The van der Waals surface area contributed by atoms with E-state index < -0.39 is 5.91 Å². The highest BCUT2D eigenvalue weighted by atomic mass is 16.5. The third kappa shape index (κ3) is 2.50. The van der Waals surface area contributed by atoms with Gasteiger partial charge in [-0.2, -0.15) is 0 Å². The van der Waals surface area contributed by atoms with Crippen molar-refractivity contribution in [2.24, 2.45) is 5.41 Å². The lowest BCUT2D eigenvalue weighted by Gasteiger charge is -2.38. The van der Waals surface area contributed by atoms with Gasteiger partial charge in [0.05, 0.1) is 5.41 Å². The number of nitrogens with zero attached hydrogens (tertiary/aromatic N) is 1. The summed E-state index contributed by atoms with van der Waals surface area (Å²) in [6.07, 6.45) is 5.53. The van der Waals surface area contributed by atoms with Gasteiger partial charge in [-0.15, -0.1) is 0 Å². The first-order valence-corrected chi connectivity index (χ1v) is 7.87. The monoisotopic (exact) mass is 302 g/mol. The Morgan fingerprint density at radius 3 is 2.86 bits per heavy atom. The van der Waals surface area contributed by atoms with Crippen LogP contribution in [0.15, 0.2) is 18.2 Å². The fraction of sp³-hybridized carbons (Fsp3) is 0.529. The summed E-state index contributed by atoms with van der Waals surface area (Å²) in [5.41, 5.74) is 4.14. The summed E-state index contributed by atoms with van der Waals surface area (Å²) in [6.45, 7) is 0.850. The first-order chi connectivity index (χ1) is 10.6. The highest BCUT2D eigenvalue weighted by Crippen LogP contribution is 2.42. The minimum Gasteiger partial charge on any atom is -0.345 e. The van der Waals surface area contributed by atoms with Crippen molar-refractivity contribution in [3.63, 3.8) is 0 Å². The number of fused-ring (bicyclic) bond motifs is 1. The summed E-state index contributed by atoms with van der Waals surface area (Å²) in [7, 11) is 1.90. The van der Waals surface area contributed by atoms with Crippen LogP contribution in [-0.4, -0.2) is 35.5 Å². The van der Waals surface area contributed by atoms with Crippen molar-refractivity contribution < 1.29 is 14.8 Å². The minimum atomic E-state index is -0.492. The zero-order chi connectivity index (χ0) is 15.7. The van der Waals surface area contributed by atoms with Crippen LogP contribution in [0, 0.1) is 5.41 Å². The molecule has 3 rings (SSSR count). The standard InChI is InChI=1S/C17H22N2O3/c1-19-9-3-2-7-17(16(19)21)8-6-12-10-13(15(20)18-22)4-5-14(12)11-17/h4-5,10,22H,2-3,6-9,11H2,1H3,(H,18,20). The van der Waals surface area contributed by atoms with Gasteiger partial charge >= 0.3 is 0 Å². The molecule has 1 fully saturated rings. The van der Waals surface area contributed by atoms with Crippen molar-refractivity contribution in [2.45, 2.75) is 38.5 Å². The van der Waals surface area contributed by atoms with E-state index in [1.807, 2.05) is 24.1 Å². The van der Waals surface area contributed by atoms with Gasteiger partial charge in [0.1, 0.15) is 0 Å². The van der Waals surface area contributed by atoms with E-state index in [0.29, 0.717) is 5.56 Å². The first kappa shape index (κ1) is 15.0. The number of carbonyl (C=O) groups excluding carboxylic acids is 2. The van der Waals surface area contributed by atoms with Gasteiger partial charge in [0.25, 0.3) is 5.91 Å². The number of aryl methyl sites for hydroxylation is 1. The Labute approximate surface area is 130 Å². The summed E-state index contributed by atoms with van der Waals surface area (Å²) < 4.78 is 0. The molecule has 1 spiro atoms. The molecule has 5 nitrogen and oxygen atoms in total. The smallest absolute Gasteiger partial charge is 0.274 e. The van der Waals surface area contributed by atoms with Crippen LogP contribution in [0.4, 0.5) is 0 Å². The summed E-state index contributed by atoms with van der Waals surface area (Å²) in [5, 5.41) is 8.74. The maximum Gasteiger partial charge on any atom is 0.274 e. The van der Waals surface area contributed by atoms with Crippen LogP contribution in [0.5, 0.6) is 0 Å². The average molecular weight is 302 g/mol. The van der Waals surface area contributed by atoms with Crippen LogP contribution >= 0.6 is 0 Å².